The van der Waals surface area contributed by atoms with Crippen LogP contribution in [-0.2, 0) is 5.75 Å². The molecule has 0 saturated heterocycles. The first-order chi connectivity index (χ1) is 9.19. The highest BCUT2D eigenvalue weighted by molar-refractivity contribution is 14.1. The number of nitrogens with zero attached hydrogens (tertiary/aromatic N) is 2. The predicted octanol–water partition coefficient (Wildman–Crippen LogP) is 4.46. The molecule has 0 bridgehead atoms. The summed E-state index contributed by atoms with van der Waals surface area (Å²) in [5.74, 6) is 2.46. The molecule has 0 radical (unpaired) electrons. The van der Waals surface area contributed by atoms with Crippen LogP contribution in [0, 0.1) is 3.57 Å². The average Bonchev–Trinajstić information content (AvgIpc) is 2.40. The number of hydrogen-bond donors (Lipinski definition) is 1. The van der Waals surface area contributed by atoms with Gasteiger partial charge in [-0.25, -0.2) is 9.97 Å². The Labute approximate surface area is 135 Å². The van der Waals surface area contributed by atoms with Crippen LogP contribution in [0.3, 0.4) is 0 Å². The van der Waals surface area contributed by atoms with Crippen LogP contribution < -0.4 is 5.32 Å². The zero-order chi connectivity index (χ0) is 13.7. The second kappa shape index (κ2) is 7.31. The minimum absolute atomic E-state index is 0.732. The second-order valence-corrected chi connectivity index (χ2v) is 6.41. The van der Waals surface area contributed by atoms with Gasteiger partial charge in [0, 0.05) is 22.7 Å². The molecule has 100 valence electrons. The molecule has 0 fully saturated rings. The van der Waals surface area contributed by atoms with Crippen molar-refractivity contribution in [1.82, 2.24) is 9.97 Å². The molecular formula is C13H13ClIN3S. The van der Waals surface area contributed by atoms with Gasteiger partial charge in [0.1, 0.15) is 11.6 Å². The molecule has 0 saturated carbocycles. The van der Waals surface area contributed by atoms with Crippen LogP contribution in [-0.4, -0.2) is 16.5 Å². The summed E-state index contributed by atoms with van der Waals surface area (Å²) in [5.41, 5.74) is 0. The molecule has 0 aliphatic heterocycles. The maximum absolute atomic E-state index is 5.96. The van der Waals surface area contributed by atoms with Gasteiger partial charge in [-0.05, 0) is 47.7 Å². The smallest absolute Gasteiger partial charge is 0.143 e. The lowest BCUT2D eigenvalue weighted by atomic mass is 10.4. The number of halogens is 2. The monoisotopic (exact) mass is 405 g/mol. The number of rotatable bonds is 5. The average molecular weight is 406 g/mol. The molecule has 0 unspecified atom stereocenters. The van der Waals surface area contributed by atoms with E-state index in [1.54, 1.807) is 11.8 Å². The van der Waals surface area contributed by atoms with Gasteiger partial charge in [-0.3, -0.25) is 0 Å². The van der Waals surface area contributed by atoms with Crippen LogP contribution >= 0.6 is 46.0 Å². The van der Waals surface area contributed by atoms with Gasteiger partial charge in [0.15, 0.2) is 0 Å². The molecular weight excluding hydrogens is 393 g/mol. The summed E-state index contributed by atoms with van der Waals surface area (Å²) in [4.78, 5) is 9.99. The van der Waals surface area contributed by atoms with Crippen LogP contribution in [0.4, 0.5) is 5.82 Å². The summed E-state index contributed by atoms with van der Waals surface area (Å²) in [6.45, 7) is 2.91. The lowest BCUT2D eigenvalue weighted by Gasteiger charge is -2.07. The fourth-order valence-electron chi connectivity index (χ4n) is 1.47. The molecule has 0 amide bonds. The molecule has 2 aromatic rings. The van der Waals surface area contributed by atoms with Gasteiger partial charge >= 0.3 is 0 Å². The Bertz CT molecular complexity index is 565. The summed E-state index contributed by atoms with van der Waals surface area (Å²) >= 11 is 9.87. The molecule has 0 aliphatic rings. The fourth-order valence-corrected chi connectivity index (χ4v) is 2.99. The molecule has 0 spiro atoms. The van der Waals surface area contributed by atoms with Gasteiger partial charge in [0.25, 0.3) is 0 Å². The van der Waals surface area contributed by atoms with E-state index >= 15 is 0 Å². The number of thioether (sulfide) groups is 1. The third kappa shape index (κ3) is 4.50. The van der Waals surface area contributed by atoms with Crippen LogP contribution in [0.2, 0.25) is 5.02 Å². The SMILES string of the molecule is CCNc1nc(CSc2cccc(Cl)c2)ncc1I. The van der Waals surface area contributed by atoms with E-state index in [2.05, 4.69) is 44.8 Å². The van der Waals surface area contributed by atoms with Crippen molar-refractivity contribution >= 4 is 51.8 Å². The Morgan fingerprint density at radius 3 is 3.00 bits per heavy atom. The summed E-state index contributed by atoms with van der Waals surface area (Å²) in [5, 5.41) is 3.99. The summed E-state index contributed by atoms with van der Waals surface area (Å²) in [6.07, 6.45) is 1.85. The topological polar surface area (TPSA) is 37.8 Å². The highest BCUT2D eigenvalue weighted by Crippen LogP contribution is 2.25. The molecule has 0 aliphatic carbocycles. The molecule has 1 heterocycles. The van der Waals surface area contributed by atoms with Crippen molar-refractivity contribution in [1.29, 1.82) is 0 Å². The lowest BCUT2D eigenvalue weighted by Crippen LogP contribution is -2.05. The number of anilines is 1. The highest BCUT2D eigenvalue weighted by Gasteiger charge is 2.05. The molecule has 2 rings (SSSR count). The van der Waals surface area contributed by atoms with E-state index in [1.165, 1.54) is 0 Å². The second-order valence-electron chi connectivity index (χ2n) is 3.76. The first kappa shape index (κ1) is 14.9. The molecule has 0 atom stereocenters. The lowest BCUT2D eigenvalue weighted by molar-refractivity contribution is 1.01. The van der Waals surface area contributed by atoms with Crippen molar-refractivity contribution in [2.24, 2.45) is 0 Å². The normalized spacial score (nSPS) is 10.5. The van der Waals surface area contributed by atoms with Crippen LogP contribution in [0.1, 0.15) is 12.7 Å². The Morgan fingerprint density at radius 2 is 2.26 bits per heavy atom. The maximum Gasteiger partial charge on any atom is 0.143 e. The number of hydrogen-bond acceptors (Lipinski definition) is 4. The van der Waals surface area contributed by atoms with E-state index in [9.17, 15) is 0 Å². The Hall–Kier alpha value is -0.530. The highest BCUT2D eigenvalue weighted by atomic mass is 127. The molecule has 19 heavy (non-hydrogen) atoms. The predicted molar refractivity (Wildman–Crippen MR) is 89.9 cm³/mol. The molecule has 6 heteroatoms. The van der Waals surface area contributed by atoms with Crippen LogP contribution in [0.25, 0.3) is 0 Å². The van der Waals surface area contributed by atoms with E-state index in [4.69, 9.17) is 11.6 Å². The van der Waals surface area contributed by atoms with Crippen molar-refractivity contribution in [3.05, 3.63) is 44.9 Å². The van der Waals surface area contributed by atoms with Crippen molar-refractivity contribution in [3.63, 3.8) is 0 Å². The minimum atomic E-state index is 0.732. The van der Waals surface area contributed by atoms with E-state index in [-0.39, 0.29) is 0 Å². The van der Waals surface area contributed by atoms with Crippen molar-refractivity contribution in [2.45, 2.75) is 17.6 Å². The first-order valence-corrected chi connectivity index (χ1v) is 8.27. The van der Waals surface area contributed by atoms with Gasteiger partial charge < -0.3 is 5.32 Å². The molecule has 1 N–H and O–H groups in total. The van der Waals surface area contributed by atoms with E-state index in [0.29, 0.717) is 0 Å². The Balaban J connectivity index is 2.05. The van der Waals surface area contributed by atoms with Gasteiger partial charge in [0.2, 0.25) is 0 Å². The Morgan fingerprint density at radius 1 is 1.42 bits per heavy atom. The molecule has 1 aromatic heterocycles. The van der Waals surface area contributed by atoms with Crippen LogP contribution in [0.5, 0.6) is 0 Å². The van der Waals surface area contributed by atoms with E-state index < -0.39 is 0 Å². The summed E-state index contributed by atoms with van der Waals surface area (Å²) in [6, 6.07) is 7.80. The molecule has 3 nitrogen and oxygen atoms in total. The third-order valence-electron chi connectivity index (χ3n) is 2.30. The standard InChI is InChI=1S/C13H13ClIN3S/c1-2-16-13-11(15)7-17-12(18-13)8-19-10-5-3-4-9(14)6-10/h3-7H,2,8H2,1H3,(H,16,17,18). The first-order valence-electron chi connectivity index (χ1n) is 5.82. The molecule has 1 aromatic carbocycles. The number of aromatic nitrogens is 2. The fraction of sp³-hybridized carbons (Fsp3) is 0.231. The van der Waals surface area contributed by atoms with Gasteiger partial charge in [-0.15, -0.1) is 11.8 Å². The van der Waals surface area contributed by atoms with Crippen molar-refractivity contribution < 1.29 is 0 Å². The van der Waals surface area contributed by atoms with Crippen molar-refractivity contribution in [2.75, 3.05) is 11.9 Å². The maximum atomic E-state index is 5.96. The summed E-state index contributed by atoms with van der Waals surface area (Å²) < 4.78 is 1.04. The Kier molecular flexibility index (Phi) is 5.72. The third-order valence-corrected chi connectivity index (χ3v) is 4.32. The zero-order valence-corrected chi connectivity index (χ0v) is 14.1. The minimum Gasteiger partial charge on any atom is -0.369 e. The number of nitrogens with one attached hydrogen (secondary N) is 1. The largest absolute Gasteiger partial charge is 0.369 e. The van der Waals surface area contributed by atoms with Crippen LogP contribution in [0.15, 0.2) is 35.4 Å². The van der Waals surface area contributed by atoms with E-state index in [0.717, 1.165) is 37.4 Å². The zero-order valence-electron chi connectivity index (χ0n) is 10.4. The van der Waals surface area contributed by atoms with E-state index in [1.807, 2.05) is 30.5 Å². The van der Waals surface area contributed by atoms with Gasteiger partial charge in [-0.2, -0.15) is 0 Å². The number of benzene rings is 1. The summed E-state index contributed by atoms with van der Waals surface area (Å²) in [7, 11) is 0. The van der Waals surface area contributed by atoms with Crippen molar-refractivity contribution in [3.8, 4) is 0 Å². The quantitative estimate of drug-likeness (QED) is 0.589. The van der Waals surface area contributed by atoms with Gasteiger partial charge in [-0.1, -0.05) is 17.7 Å². The van der Waals surface area contributed by atoms with Gasteiger partial charge in [0.05, 0.1) is 9.32 Å².